The van der Waals surface area contributed by atoms with Gasteiger partial charge in [-0.05, 0) is 41.3 Å². The SMILES string of the molecule is O=C(c1cc[nH]c(=O)c1)N(Cc1ccsc1)C1CC1. The van der Waals surface area contributed by atoms with Crippen LogP contribution in [0.25, 0.3) is 0 Å². The molecule has 1 saturated carbocycles. The van der Waals surface area contributed by atoms with E-state index < -0.39 is 0 Å². The molecule has 0 saturated heterocycles. The van der Waals surface area contributed by atoms with Crippen LogP contribution in [-0.2, 0) is 6.54 Å². The van der Waals surface area contributed by atoms with Crippen molar-refractivity contribution in [3.05, 3.63) is 56.6 Å². The molecule has 2 aromatic heterocycles. The van der Waals surface area contributed by atoms with Gasteiger partial charge in [-0.3, -0.25) is 9.59 Å². The largest absolute Gasteiger partial charge is 0.331 e. The van der Waals surface area contributed by atoms with Crippen LogP contribution < -0.4 is 5.56 Å². The molecule has 0 spiro atoms. The Bertz CT molecular complexity index is 629. The van der Waals surface area contributed by atoms with Gasteiger partial charge in [-0.1, -0.05) is 0 Å². The lowest BCUT2D eigenvalue weighted by atomic mass is 10.2. The van der Waals surface area contributed by atoms with Gasteiger partial charge in [0.25, 0.3) is 5.91 Å². The fourth-order valence-corrected chi connectivity index (χ4v) is 2.74. The number of amides is 1. The van der Waals surface area contributed by atoms with Crippen LogP contribution >= 0.6 is 11.3 Å². The number of nitrogens with zero attached hydrogens (tertiary/aromatic N) is 1. The summed E-state index contributed by atoms with van der Waals surface area (Å²) in [5, 5.41) is 4.07. The molecular weight excluding hydrogens is 260 g/mol. The monoisotopic (exact) mass is 274 g/mol. The summed E-state index contributed by atoms with van der Waals surface area (Å²) in [6.07, 6.45) is 3.63. The van der Waals surface area contributed by atoms with Crippen LogP contribution in [0, 0.1) is 0 Å². The van der Waals surface area contributed by atoms with Crippen molar-refractivity contribution >= 4 is 17.2 Å². The molecule has 0 unspecified atom stereocenters. The molecule has 2 aromatic rings. The molecular formula is C14H14N2O2S. The second-order valence-electron chi connectivity index (χ2n) is 4.74. The number of pyridine rings is 1. The van der Waals surface area contributed by atoms with E-state index in [1.165, 1.54) is 12.3 Å². The second kappa shape index (κ2) is 5.01. The summed E-state index contributed by atoms with van der Waals surface area (Å²) < 4.78 is 0. The average molecular weight is 274 g/mol. The normalized spacial score (nSPS) is 14.3. The zero-order chi connectivity index (χ0) is 13.2. The molecule has 98 valence electrons. The van der Waals surface area contributed by atoms with E-state index in [4.69, 9.17) is 0 Å². The number of carbonyl (C=O) groups is 1. The molecule has 0 bridgehead atoms. The van der Waals surface area contributed by atoms with Crippen molar-refractivity contribution in [3.8, 4) is 0 Å². The van der Waals surface area contributed by atoms with Gasteiger partial charge in [0, 0.05) is 30.4 Å². The van der Waals surface area contributed by atoms with Crippen molar-refractivity contribution in [1.82, 2.24) is 9.88 Å². The predicted molar refractivity (Wildman–Crippen MR) is 74.3 cm³/mol. The number of hydrogen-bond donors (Lipinski definition) is 1. The lowest BCUT2D eigenvalue weighted by Gasteiger charge is -2.22. The molecule has 5 heteroatoms. The van der Waals surface area contributed by atoms with Crippen LogP contribution in [0.5, 0.6) is 0 Å². The van der Waals surface area contributed by atoms with Crippen LogP contribution in [0.15, 0.2) is 40.0 Å². The smallest absolute Gasteiger partial charge is 0.254 e. The number of nitrogens with one attached hydrogen (secondary N) is 1. The number of H-pyrrole nitrogens is 1. The summed E-state index contributed by atoms with van der Waals surface area (Å²) in [5.74, 6) is -0.0557. The molecule has 1 N–H and O–H groups in total. The topological polar surface area (TPSA) is 53.2 Å². The molecule has 1 fully saturated rings. The summed E-state index contributed by atoms with van der Waals surface area (Å²) in [4.78, 5) is 28.2. The lowest BCUT2D eigenvalue weighted by Crippen LogP contribution is -2.33. The third-order valence-corrected chi connectivity index (χ3v) is 3.94. The van der Waals surface area contributed by atoms with Crippen molar-refractivity contribution in [2.24, 2.45) is 0 Å². The number of carbonyl (C=O) groups excluding carboxylic acids is 1. The number of aromatic amines is 1. The minimum absolute atomic E-state index is 0.0557. The van der Waals surface area contributed by atoms with E-state index in [0.717, 1.165) is 18.4 Å². The fourth-order valence-electron chi connectivity index (χ4n) is 2.08. The van der Waals surface area contributed by atoms with E-state index in [1.54, 1.807) is 17.4 Å². The summed E-state index contributed by atoms with van der Waals surface area (Å²) in [7, 11) is 0. The highest BCUT2D eigenvalue weighted by molar-refractivity contribution is 7.07. The van der Waals surface area contributed by atoms with Gasteiger partial charge in [0.05, 0.1) is 0 Å². The number of aromatic nitrogens is 1. The van der Waals surface area contributed by atoms with Crippen LogP contribution in [0.2, 0.25) is 0 Å². The van der Waals surface area contributed by atoms with Gasteiger partial charge < -0.3 is 9.88 Å². The average Bonchev–Trinajstić information content (AvgIpc) is 3.12. The van der Waals surface area contributed by atoms with Crippen LogP contribution in [0.4, 0.5) is 0 Å². The molecule has 0 aliphatic heterocycles. The van der Waals surface area contributed by atoms with E-state index in [0.29, 0.717) is 18.2 Å². The fraction of sp³-hybridized carbons (Fsp3) is 0.286. The van der Waals surface area contributed by atoms with Crippen molar-refractivity contribution < 1.29 is 4.79 Å². The quantitative estimate of drug-likeness (QED) is 0.929. The highest BCUT2D eigenvalue weighted by atomic mass is 32.1. The standard InChI is InChI=1S/C14H14N2O2S/c17-13-7-11(3-5-15-13)14(18)16(12-1-2-12)8-10-4-6-19-9-10/h3-7,9,12H,1-2,8H2,(H,15,17). The van der Waals surface area contributed by atoms with Crippen LogP contribution in [-0.4, -0.2) is 21.8 Å². The van der Waals surface area contributed by atoms with Gasteiger partial charge in [0.15, 0.2) is 0 Å². The first kappa shape index (κ1) is 12.2. The summed E-state index contributed by atoms with van der Waals surface area (Å²) >= 11 is 1.63. The van der Waals surface area contributed by atoms with Gasteiger partial charge >= 0.3 is 0 Å². The minimum Gasteiger partial charge on any atom is -0.331 e. The molecule has 1 aliphatic rings. The lowest BCUT2D eigenvalue weighted by molar-refractivity contribution is 0.0730. The Kier molecular flexibility index (Phi) is 3.21. The highest BCUT2D eigenvalue weighted by Gasteiger charge is 2.33. The summed E-state index contributed by atoms with van der Waals surface area (Å²) in [6.45, 7) is 0.625. The molecule has 19 heavy (non-hydrogen) atoms. The molecule has 2 heterocycles. The molecule has 0 atom stereocenters. The molecule has 0 aromatic carbocycles. The zero-order valence-corrected chi connectivity index (χ0v) is 11.2. The van der Waals surface area contributed by atoms with E-state index in [2.05, 4.69) is 10.4 Å². The third-order valence-electron chi connectivity index (χ3n) is 3.20. The Morgan fingerprint density at radius 3 is 2.89 bits per heavy atom. The van der Waals surface area contributed by atoms with Gasteiger partial charge in [-0.15, -0.1) is 0 Å². The maximum Gasteiger partial charge on any atom is 0.254 e. The van der Waals surface area contributed by atoms with E-state index >= 15 is 0 Å². The molecule has 0 radical (unpaired) electrons. The Labute approximate surface area is 114 Å². The Morgan fingerprint density at radius 1 is 1.42 bits per heavy atom. The van der Waals surface area contributed by atoms with Crippen molar-refractivity contribution in [3.63, 3.8) is 0 Å². The Balaban J connectivity index is 1.84. The maximum absolute atomic E-state index is 12.5. The zero-order valence-electron chi connectivity index (χ0n) is 10.3. The van der Waals surface area contributed by atoms with E-state index in [1.807, 2.05) is 16.3 Å². The van der Waals surface area contributed by atoms with Crippen LogP contribution in [0.1, 0.15) is 28.8 Å². The summed E-state index contributed by atoms with van der Waals surface area (Å²) in [6, 6.07) is 5.38. The van der Waals surface area contributed by atoms with Crippen molar-refractivity contribution in [1.29, 1.82) is 0 Å². The van der Waals surface area contributed by atoms with Crippen molar-refractivity contribution in [2.45, 2.75) is 25.4 Å². The molecule has 1 amide bonds. The van der Waals surface area contributed by atoms with E-state index in [9.17, 15) is 9.59 Å². The van der Waals surface area contributed by atoms with Gasteiger partial charge in [0.1, 0.15) is 0 Å². The van der Waals surface area contributed by atoms with Crippen molar-refractivity contribution in [2.75, 3.05) is 0 Å². The number of rotatable bonds is 4. The van der Waals surface area contributed by atoms with Gasteiger partial charge in [-0.25, -0.2) is 0 Å². The third kappa shape index (κ3) is 2.76. The minimum atomic E-state index is -0.239. The number of hydrogen-bond acceptors (Lipinski definition) is 3. The molecule has 4 nitrogen and oxygen atoms in total. The Morgan fingerprint density at radius 2 is 2.26 bits per heavy atom. The van der Waals surface area contributed by atoms with Crippen LogP contribution in [0.3, 0.4) is 0 Å². The van der Waals surface area contributed by atoms with Gasteiger partial charge in [0.2, 0.25) is 5.56 Å². The first-order valence-corrected chi connectivity index (χ1v) is 7.19. The van der Waals surface area contributed by atoms with Gasteiger partial charge in [-0.2, -0.15) is 11.3 Å². The van der Waals surface area contributed by atoms with E-state index in [-0.39, 0.29) is 11.5 Å². The first-order valence-electron chi connectivity index (χ1n) is 6.25. The highest BCUT2D eigenvalue weighted by Crippen LogP contribution is 2.30. The Hall–Kier alpha value is -1.88. The predicted octanol–water partition coefficient (Wildman–Crippen LogP) is 2.24. The second-order valence-corrected chi connectivity index (χ2v) is 5.52. The number of thiophene rings is 1. The summed E-state index contributed by atoms with van der Waals surface area (Å²) in [5.41, 5.74) is 1.37. The first-order chi connectivity index (χ1) is 9.24. The molecule has 3 rings (SSSR count). The maximum atomic E-state index is 12.5. The molecule has 1 aliphatic carbocycles.